The normalized spacial score (nSPS) is 20.0. The van der Waals surface area contributed by atoms with Crippen molar-refractivity contribution in [3.05, 3.63) is 22.4 Å². The summed E-state index contributed by atoms with van der Waals surface area (Å²) in [5, 5.41) is 0. The van der Waals surface area contributed by atoms with Crippen LogP contribution in [0.4, 0.5) is 13.2 Å². The second kappa shape index (κ2) is 6.88. The van der Waals surface area contributed by atoms with Crippen molar-refractivity contribution in [3.8, 4) is 5.75 Å². The number of methoxy groups -OCH3 is 1. The molecule has 0 bridgehead atoms. The molecule has 0 atom stereocenters. The van der Waals surface area contributed by atoms with E-state index < -0.39 is 15.5 Å². The van der Waals surface area contributed by atoms with Gasteiger partial charge in [0.25, 0.3) is 0 Å². The Labute approximate surface area is 168 Å². The molecule has 28 heavy (non-hydrogen) atoms. The highest BCUT2D eigenvalue weighted by Crippen LogP contribution is 2.45. The van der Waals surface area contributed by atoms with E-state index in [4.69, 9.17) is 9.72 Å². The molecule has 1 saturated carbocycles. The number of nitrogens with zero attached hydrogens (tertiary/aromatic N) is 3. The number of imidazole rings is 1. The smallest absolute Gasteiger partial charge is 0.494 e. The van der Waals surface area contributed by atoms with Gasteiger partial charge in [-0.1, -0.05) is 15.9 Å². The average molecular weight is 482 g/mol. The SMILES string of the molecule is COc1cc(Br)cc2c1nc(C1CC1)n2C1CCN(S(=O)(=O)C(F)(F)F)CC1. The van der Waals surface area contributed by atoms with Gasteiger partial charge in [-0.2, -0.15) is 17.5 Å². The van der Waals surface area contributed by atoms with Crippen molar-refractivity contribution in [1.29, 1.82) is 0 Å². The van der Waals surface area contributed by atoms with Crippen LogP contribution in [-0.2, 0) is 10.0 Å². The first-order valence-electron chi connectivity index (χ1n) is 8.95. The molecule has 4 rings (SSSR count). The molecule has 2 heterocycles. The molecule has 11 heteroatoms. The van der Waals surface area contributed by atoms with Gasteiger partial charge < -0.3 is 9.30 Å². The summed E-state index contributed by atoms with van der Waals surface area (Å²) in [5.41, 5.74) is -3.69. The van der Waals surface area contributed by atoms with Gasteiger partial charge in [0.1, 0.15) is 17.1 Å². The van der Waals surface area contributed by atoms with Gasteiger partial charge in [0.2, 0.25) is 0 Å². The summed E-state index contributed by atoms with van der Waals surface area (Å²) in [6.45, 7) is -0.330. The number of piperidine rings is 1. The second-order valence-corrected chi connectivity index (χ2v) is 10.0. The topological polar surface area (TPSA) is 64.4 Å². The number of aromatic nitrogens is 2. The fraction of sp³-hybridized carbons (Fsp3) is 0.588. The number of halogens is 4. The highest BCUT2D eigenvalue weighted by atomic mass is 79.9. The van der Waals surface area contributed by atoms with Crippen LogP contribution >= 0.6 is 15.9 Å². The predicted molar refractivity (Wildman–Crippen MR) is 101 cm³/mol. The van der Waals surface area contributed by atoms with Crippen LogP contribution < -0.4 is 4.74 Å². The molecule has 1 saturated heterocycles. The first kappa shape index (κ1) is 20.0. The number of hydrogen-bond acceptors (Lipinski definition) is 4. The lowest BCUT2D eigenvalue weighted by Crippen LogP contribution is -2.45. The zero-order valence-corrected chi connectivity index (χ0v) is 17.4. The van der Waals surface area contributed by atoms with E-state index in [1.165, 1.54) is 0 Å². The molecular weight excluding hydrogens is 463 g/mol. The van der Waals surface area contributed by atoms with E-state index >= 15 is 0 Å². The molecule has 1 aliphatic heterocycles. The number of ether oxygens (including phenoxy) is 1. The van der Waals surface area contributed by atoms with Gasteiger partial charge in [0.05, 0.1) is 12.6 Å². The van der Waals surface area contributed by atoms with Crippen LogP contribution in [0, 0.1) is 0 Å². The molecule has 0 radical (unpaired) electrons. The molecule has 0 amide bonds. The molecule has 1 aromatic heterocycles. The van der Waals surface area contributed by atoms with Crippen LogP contribution in [0.15, 0.2) is 16.6 Å². The first-order chi connectivity index (χ1) is 13.1. The number of sulfonamides is 1. The lowest BCUT2D eigenvalue weighted by atomic mass is 10.1. The minimum atomic E-state index is -5.28. The summed E-state index contributed by atoms with van der Waals surface area (Å²) in [4.78, 5) is 4.77. The van der Waals surface area contributed by atoms with E-state index in [-0.39, 0.29) is 19.1 Å². The molecule has 2 aliphatic rings. The van der Waals surface area contributed by atoms with Crippen LogP contribution in [0.5, 0.6) is 5.75 Å². The lowest BCUT2D eigenvalue weighted by molar-refractivity contribution is -0.0496. The van der Waals surface area contributed by atoms with Gasteiger partial charge in [0, 0.05) is 29.5 Å². The van der Waals surface area contributed by atoms with Crippen LogP contribution in [0.2, 0.25) is 0 Å². The standard InChI is InChI=1S/C17H19BrF3N3O3S/c1-27-14-9-11(18)8-13-15(14)22-16(10-2-3-10)24(13)12-4-6-23(7-5-12)28(25,26)17(19,20)21/h8-10,12H,2-7H2,1H3. The second-order valence-electron chi connectivity index (χ2n) is 7.17. The highest BCUT2D eigenvalue weighted by molar-refractivity contribution is 9.10. The van der Waals surface area contributed by atoms with Crippen molar-refractivity contribution in [2.45, 2.75) is 43.2 Å². The zero-order valence-electron chi connectivity index (χ0n) is 15.0. The van der Waals surface area contributed by atoms with E-state index in [1.54, 1.807) is 7.11 Å². The Bertz CT molecular complexity index is 1010. The Kier molecular flexibility index (Phi) is 4.90. The van der Waals surface area contributed by atoms with Crippen molar-refractivity contribution in [2.75, 3.05) is 20.2 Å². The van der Waals surface area contributed by atoms with Crippen molar-refractivity contribution in [1.82, 2.24) is 13.9 Å². The molecule has 0 unspecified atom stereocenters. The predicted octanol–water partition coefficient (Wildman–Crippen LogP) is 4.17. The van der Waals surface area contributed by atoms with Crippen molar-refractivity contribution in [2.24, 2.45) is 0 Å². The summed E-state index contributed by atoms with van der Waals surface area (Å²) in [6.07, 6.45) is 2.65. The van der Waals surface area contributed by atoms with Gasteiger partial charge in [0.15, 0.2) is 0 Å². The molecule has 6 nitrogen and oxygen atoms in total. The van der Waals surface area contributed by atoms with Gasteiger partial charge in [-0.25, -0.2) is 13.4 Å². The molecule has 0 spiro atoms. The average Bonchev–Trinajstić information content (AvgIpc) is 3.41. The van der Waals surface area contributed by atoms with Crippen LogP contribution in [0.1, 0.15) is 43.5 Å². The maximum Gasteiger partial charge on any atom is 0.511 e. The monoisotopic (exact) mass is 481 g/mol. The molecule has 1 aliphatic carbocycles. The lowest BCUT2D eigenvalue weighted by Gasteiger charge is -2.33. The summed E-state index contributed by atoms with van der Waals surface area (Å²) in [5.74, 6) is 1.86. The van der Waals surface area contributed by atoms with E-state index in [9.17, 15) is 21.6 Å². The maximum atomic E-state index is 12.8. The van der Waals surface area contributed by atoms with Crippen LogP contribution in [-0.4, -0.2) is 48.0 Å². The fourth-order valence-electron chi connectivity index (χ4n) is 3.80. The summed E-state index contributed by atoms with van der Waals surface area (Å²) in [7, 11) is -3.72. The summed E-state index contributed by atoms with van der Waals surface area (Å²) in [6, 6.07) is 3.64. The van der Waals surface area contributed by atoms with Crippen molar-refractivity contribution in [3.63, 3.8) is 0 Å². The van der Waals surface area contributed by atoms with E-state index in [2.05, 4.69) is 20.5 Å². The van der Waals surface area contributed by atoms with Gasteiger partial charge in [-0.05, 0) is 37.8 Å². The first-order valence-corrected chi connectivity index (χ1v) is 11.2. The van der Waals surface area contributed by atoms with E-state index in [1.807, 2.05) is 12.1 Å². The third-order valence-corrected chi connectivity index (χ3v) is 7.42. The Morgan fingerprint density at radius 2 is 1.82 bits per heavy atom. The minimum Gasteiger partial charge on any atom is -0.494 e. The Morgan fingerprint density at radius 3 is 2.36 bits per heavy atom. The van der Waals surface area contributed by atoms with E-state index in [0.29, 0.717) is 28.8 Å². The Balaban J connectivity index is 1.69. The van der Waals surface area contributed by atoms with Crippen molar-refractivity contribution >= 4 is 37.0 Å². The molecular formula is C17H19BrF3N3O3S. The number of benzene rings is 1. The van der Waals surface area contributed by atoms with Gasteiger partial charge >= 0.3 is 15.5 Å². The van der Waals surface area contributed by atoms with Gasteiger partial charge in [-0.3, -0.25) is 0 Å². The van der Waals surface area contributed by atoms with Gasteiger partial charge in [-0.15, -0.1) is 0 Å². The minimum absolute atomic E-state index is 0.112. The zero-order chi connectivity index (χ0) is 20.3. The molecule has 154 valence electrons. The number of alkyl halides is 3. The van der Waals surface area contributed by atoms with Crippen LogP contribution in [0.3, 0.4) is 0 Å². The Hall–Kier alpha value is -1.33. The maximum absolute atomic E-state index is 12.8. The molecule has 2 aromatic rings. The highest BCUT2D eigenvalue weighted by Gasteiger charge is 2.50. The number of hydrogen-bond donors (Lipinski definition) is 0. The summed E-state index contributed by atoms with van der Waals surface area (Å²) >= 11 is 3.47. The molecule has 0 N–H and O–H groups in total. The van der Waals surface area contributed by atoms with Crippen LogP contribution in [0.25, 0.3) is 11.0 Å². The third-order valence-electron chi connectivity index (χ3n) is 5.34. The largest absolute Gasteiger partial charge is 0.511 e. The summed E-state index contributed by atoms with van der Waals surface area (Å²) < 4.78 is 70.8. The third kappa shape index (κ3) is 3.30. The quantitative estimate of drug-likeness (QED) is 0.657. The molecule has 1 aromatic carbocycles. The van der Waals surface area contributed by atoms with E-state index in [0.717, 1.165) is 34.2 Å². The number of fused-ring (bicyclic) bond motifs is 1. The Morgan fingerprint density at radius 1 is 1.18 bits per heavy atom. The fourth-order valence-corrected chi connectivity index (χ4v) is 5.21. The number of rotatable bonds is 4. The molecule has 2 fully saturated rings. The van der Waals surface area contributed by atoms with Crippen molar-refractivity contribution < 1.29 is 26.3 Å².